The smallest absolute Gasteiger partial charge is 0.311 e. The van der Waals surface area contributed by atoms with Gasteiger partial charge in [-0.25, -0.2) is 0 Å². The fourth-order valence-corrected chi connectivity index (χ4v) is 21.9. The molecule has 34 atom stereocenters. The quantitative estimate of drug-likeness (QED) is 0.0526. The number of carbonyl (C=O) groups is 2. The molecule has 0 bridgehead atoms. The highest BCUT2D eigenvalue weighted by Gasteiger charge is 2.58. The number of esters is 2. The number of rotatable bonds is 16. The van der Waals surface area contributed by atoms with Crippen molar-refractivity contribution in [2.75, 3.05) is 55.4 Å². The van der Waals surface area contributed by atoms with Gasteiger partial charge in [0.2, 0.25) is 0 Å². The van der Waals surface area contributed by atoms with Crippen LogP contribution in [0, 0.1) is 46.3 Å². The van der Waals surface area contributed by atoms with Crippen molar-refractivity contribution in [1.82, 2.24) is 19.6 Å². The Kier molecular flexibility index (Phi) is 36.6. The van der Waals surface area contributed by atoms with Gasteiger partial charge in [-0.15, -0.1) is 0 Å². The third-order valence-electron chi connectivity index (χ3n) is 28.4. The van der Waals surface area contributed by atoms with Gasteiger partial charge in [-0.3, -0.25) is 9.59 Å². The molecule has 8 N–H and O–H groups in total. The van der Waals surface area contributed by atoms with Crippen molar-refractivity contribution < 1.29 is 107 Å². The van der Waals surface area contributed by atoms with Crippen LogP contribution in [-0.4, -0.2) is 314 Å². The van der Waals surface area contributed by atoms with Crippen molar-refractivity contribution in [2.45, 2.75) is 451 Å². The Balaban J connectivity index is 0.000000426. The lowest BCUT2D eigenvalue weighted by Gasteiger charge is -2.51. The molecule has 6 saturated heterocycles. The van der Waals surface area contributed by atoms with E-state index in [-0.39, 0.29) is 82.7 Å². The Labute approximate surface area is 704 Å². The summed E-state index contributed by atoms with van der Waals surface area (Å²) < 4.78 is 79.7. The summed E-state index contributed by atoms with van der Waals surface area (Å²) in [6, 6.07) is -1.34. The molecule has 6 aliphatic heterocycles. The minimum Gasteiger partial charge on any atom is -0.459 e. The molecule has 0 radical (unpaired) electrons. The van der Waals surface area contributed by atoms with Gasteiger partial charge in [-0.1, -0.05) is 111 Å². The Morgan fingerprint density at radius 3 is 1.16 bits per heavy atom. The van der Waals surface area contributed by atoms with E-state index in [4.69, 9.17) is 56.2 Å². The predicted octanol–water partition coefficient (Wildman–Crippen LogP) is 11.1. The lowest BCUT2D eigenvalue weighted by molar-refractivity contribution is -0.312. The van der Waals surface area contributed by atoms with Gasteiger partial charge in [0.25, 0.3) is 0 Å². The van der Waals surface area contributed by atoms with Crippen LogP contribution in [0.2, 0.25) is 36.3 Å². The maximum Gasteiger partial charge on any atom is 0.311 e. The van der Waals surface area contributed by atoms with Crippen molar-refractivity contribution in [3.8, 4) is 0 Å². The summed E-state index contributed by atoms with van der Waals surface area (Å²) in [7, 11) is 6.84. The number of likely N-dealkylation sites (N-methyl/N-ethyl adjacent to an activating group) is 4. The average molecular weight is 1690 g/mol. The van der Waals surface area contributed by atoms with E-state index < -0.39 is 185 Å². The number of hydrogen-bond donors (Lipinski definition) is 8. The highest BCUT2D eigenvalue weighted by atomic mass is 28.4. The Hall–Kier alpha value is -1.51. The summed E-state index contributed by atoms with van der Waals surface area (Å²) in [4.78, 5) is 37.1. The second-order valence-electron chi connectivity index (χ2n) is 43.0. The molecular formula is C88H172N4O22Si2. The summed E-state index contributed by atoms with van der Waals surface area (Å²) >= 11 is 0. The molecule has 6 rings (SSSR count). The Morgan fingerprint density at radius 2 is 0.810 bits per heavy atom. The van der Waals surface area contributed by atoms with Crippen LogP contribution in [0.3, 0.4) is 0 Å². The van der Waals surface area contributed by atoms with Crippen molar-refractivity contribution >= 4 is 28.6 Å². The second-order valence-corrected chi connectivity index (χ2v) is 52.5. The molecule has 0 aromatic heterocycles. The van der Waals surface area contributed by atoms with E-state index in [1.165, 1.54) is 6.92 Å². The fraction of sp³-hybridized carbons (Fsp3) is 0.977. The molecule has 6 unspecified atom stereocenters. The molecule has 0 amide bonds. The largest absolute Gasteiger partial charge is 0.459 e. The predicted molar refractivity (Wildman–Crippen MR) is 457 cm³/mol. The highest BCUT2D eigenvalue weighted by Crippen LogP contribution is 2.49. The number of ether oxygens (including phenoxy) is 10. The molecular weight excluding hydrogens is 1520 g/mol. The van der Waals surface area contributed by atoms with Gasteiger partial charge in [0, 0.05) is 61.9 Å². The van der Waals surface area contributed by atoms with Gasteiger partial charge in [0.05, 0.1) is 90.2 Å². The van der Waals surface area contributed by atoms with Crippen LogP contribution in [0.5, 0.6) is 0 Å². The number of cyclic esters (lactones) is 2. The van der Waals surface area contributed by atoms with Gasteiger partial charge in [0.15, 0.2) is 41.8 Å². The second kappa shape index (κ2) is 40.4. The summed E-state index contributed by atoms with van der Waals surface area (Å²) in [5.41, 5.74) is -7.34. The van der Waals surface area contributed by atoms with E-state index in [0.717, 1.165) is 0 Å². The average Bonchev–Trinajstić information content (AvgIpc) is 1.20. The molecule has 6 aliphatic rings. The van der Waals surface area contributed by atoms with E-state index in [1.54, 1.807) is 48.5 Å². The van der Waals surface area contributed by atoms with E-state index in [2.05, 4.69) is 100 Å². The van der Waals surface area contributed by atoms with Crippen molar-refractivity contribution in [2.24, 2.45) is 46.3 Å². The third-order valence-corrected chi connectivity index (χ3v) is 37.4. The number of hydrogen-bond acceptors (Lipinski definition) is 26. The number of aliphatic hydroxyl groups is 8. The Morgan fingerprint density at radius 1 is 0.466 bits per heavy atom. The van der Waals surface area contributed by atoms with Gasteiger partial charge >= 0.3 is 11.9 Å². The molecule has 28 heteroatoms. The van der Waals surface area contributed by atoms with Crippen molar-refractivity contribution in [3.63, 3.8) is 0 Å². The topological polar surface area (TPSA) is 320 Å². The first-order chi connectivity index (χ1) is 52.6. The third kappa shape index (κ3) is 25.4. The zero-order chi connectivity index (χ0) is 89.3. The fourth-order valence-electron chi connectivity index (χ4n) is 19.0. The van der Waals surface area contributed by atoms with E-state index >= 15 is 0 Å². The van der Waals surface area contributed by atoms with Gasteiger partial charge in [-0.05, 0) is 223 Å². The zero-order valence-corrected chi connectivity index (χ0v) is 81.5. The van der Waals surface area contributed by atoms with Crippen LogP contribution in [0.4, 0.5) is 0 Å². The standard InChI is InChI=1S/C50H100N2O11Si2.C38H72N2O11/c1-25-37-50(17,56)42(62-64(21,22)46(8,9)10)34(6)52(20)29-30(2)27-49(16,55)41(61-45-39(53)36(51(18)19)26-31(3)57-45)32(4)40(33(5)44(54)59-37)60-38-28-48(14,15)43(35(7)58-38)63-65(23,24)47(11,12)13;1-15-27-38(11,46)31(42)24(6)40(14)19-20(2)17-37(10,45)33(51-35-29(41)26(39(12)13)16-21(3)47-35)22(4)30(23(5)34(44)49-27)50-28-18-36(8,9)32(43)25(7)48-28/h30-43,45,53,55-56H,25-29H2,1-24H3;20-33,35,41-43,45-46H,15-19H2,1-14H3/t30-,31-,32?,33-,34-,35+,36+,37-,38?,39-,40+,41-,42-,43+,45?,49-,50-;20-,21-,22?,23-,24-,25+,26+,27-,28?,29-,30+,31-,32+,33-,35?,37-,38-/m11/s1. The maximum atomic E-state index is 14.9. The van der Waals surface area contributed by atoms with Crippen LogP contribution in [0.1, 0.15) is 245 Å². The maximum absolute atomic E-state index is 14.9. The van der Waals surface area contributed by atoms with E-state index in [1.807, 2.05) is 126 Å². The molecule has 0 spiro atoms. The zero-order valence-electron chi connectivity index (χ0n) is 79.5. The molecule has 26 nitrogen and oxygen atoms in total. The first-order valence-corrected chi connectivity index (χ1v) is 49.7. The summed E-state index contributed by atoms with van der Waals surface area (Å²) in [5.74, 6) is -4.69. The first kappa shape index (κ1) is 105. The molecule has 0 aliphatic carbocycles. The first-order valence-electron chi connectivity index (χ1n) is 43.9. The van der Waals surface area contributed by atoms with Crippen LogP contribution in [-0.2, 0) is 65.8 Å². The molecule has 0 aromatic rings. The normalized spacial score (nSPS) is 44.7. The highest BCUT2D eigenvalue weighted by molar-refractivity contribution is 6.74. The van der Waals surface area contributed by atoms with Gasteiger partial charge < -0.3 is 117 Å². The van der Waals surface area contributed by atoms with E-state index in [0.29, 0.717) is 51.6 Å². The number of aliphatic hydroxyl groups excluding tert-OH is 4. The molecule has 116 heavy (non-hydrogen) atoms. The lowest BCUT2D eigenvalue weighted by atomic mass is 9.77. The molecule has 6 heterocycles. The molecule has 6 fully saturated rings. The van der Waals surface area contributed by atoms with Gasteiger partial charge in [-0.2, -0.15) is 0 Å². The van der Waals surface area contributed by atoms with Crippen molar-refractivity contribution in [1.29, 1.82) is 0 Å². The molecule has 0 saturated carbocycles. The van der Waals surface area contributed by atoms with E-state index in [9.17, 15) is 50.4 Å². The minimum atomic E-state index is -2.49. The Bertz CT molecular complexity index is 3040. The van der Waals surface area contributed by atoms with Crippen molar-refractivity contribution in [3.05, 3.63) is 0 Å². The lowest BCUT2D eigenvalue weighted by Crippen LogP contribution is -2.63. The molecule has 0 aromatic carbocycles. The summed E-state index contributed by atoms with van der Waals surface area (Å²) in [6.07, 6.45) is -12.7. The number of nitrogens with zero attached hydrogens (tertiary/aromatic N) is 4. The number of carbonyl (C=O) groups excluding carboxylic acids is 2. The monoisotopic (exact) mass is 1690 g/mol. The van der Waals surface area contributed by atoms with Crippen LogP contribution in [0.15, 0.2) is 0 Å². The van der Waals surface area contributed by atoms with Crippen LogP contribution < -0.4 is 0 Å². The summed E-state index contributed by atoms with van der Waals surface area (Å²) in [6.45, 7) is 64.7. The van der Waals surface area contributed by atoms with Crippen LogP contribution >= 0.6 is 0 Å². The minimum absolute atomic E-state index is 0.000714. The molecule has 684 valence electrons. The SMILES string of the molecule is CC[C@H]1OC(=O)[C@H](C)[C@@H](OC2CC(C)(C)[C@@H](O)[C@H](C)O2)C(C)[C@@H](OC2O[C@H](C)C[C@H](N(C)C)[C@H]2O)[C@](C)(O)C[C@@H](C)CN(C)[C@H](C)[C@@H](O)[C@]1(C)O.CC[C@H]1OC(=O)[C@H](C)[C@@H](OC2CC(C)(C)[C@@H](O[Si](C)(C)C(C)(C)C)[C@H](C)O2)C(C)[C@@H](OC2O[C@H](C)C[C@H](N(C)C)[C@H]2O)[C@](C)(O)C[C@@H](C)CN(C)[C@H](C)[C@@H](O[Si](C)(C)C(C)(C)C)[C@]1(C)O. The van der Waals surface area contributed by atoms with Crippen LogP contribution in [0.25, 0.3) is 0 Å². The summed E-state index contributed by atoms with van der Waals surface area (Å²) in [5, 5.41) is 95.4. The van der Waals surface area contributed by atoms with Gasteiger partial charge in [0.1, 0.15) is 41.7 Å².